The largest absolute Gasteiger partial charge is 0.326 e. The van der Waals surface area contributed by atoms with Crippen molar-refractivity contribution in [1.82, 2.24) is 0 Å². The van der Waals surface area contributed by atoms with Gasteiger partial charge in [0.2, 0.25) is 5.91 Å². The number of imide groups is 1. The Morgan fingerprint density at radius 1 is 0.839 bits per heavy atom. The zero-order chi connectivity index (χ0) is 22.0. The van der Waals surface area contributed by atoms with E-state index in [1.165, 1.54) is 23.6 Å². The van der Waals surface area contributed by atoms with Crippen molar-refractivity contribution >= 4 is 46.4 Å². The third kappa shape index (κ3) is 4.29. The summed E-state index contributed by atoms with van der Waals surface area (Å²) in [7, 11) is 0. The van der Waals surface area contributed by atoms with Crippen molar-refractivity contribution in [3.8, 4) is 0 Å². The van der Waals surface area contributed by atoms with Crippen LogP contribution >= 0.6 is 11.8 Å². The van der Waals surface area contributed by atoms with Crippen LogP contribution in [0.4, 0.5) is 11.4 Å². The van der Waals surface area contributed by atoms with Gasteiger partial charge in [-0.2, -0.15) is 0 Å². The van der Waals surface area contributed by atoms with E-state index in [9.17, 15) is 14.4 Å². The summed E-state index contributed by atoms with van der Waals surface area (Å²) in [5.41, 5.74) is 3.19. The minimum absolute atomic E-state index is 0.176. The molecule has 0 aromatic heterocycles. The number of benzene rings is 3. The van der Waals surface area contributed by atoms with Crippen molar-refractivity contribution in [2.75, 3.05) is 10.2 Å². The van der Waals surface area contributed by atoms with E-state index in [0.29, 0.717) is 27.4 Å². The van der Waals surface area contributed by atoms with Crippen LogP contribution in [0.1, 0.15) is 18.1 Å². The number of anilines is 2. The van der Waals surface area contributed by atoms with Crippen molar-refractivity contribution in [2.45, 2.75) is 18.7 Å². The number of amides is 3. The lowest BCUT2D eigenvalue weighted by Gasteiger charge is -2.15. The quantitative estimate of drug-likeness (QED) is 0.579. The molecule has 154 valence electrons. The van der Waals surface area contributed by atoms with E-state index < -0.39 is 0 Å². The van der Waals surface area contributed by atoms with Crippen LogP contribution in [0.15, 0.2) is 88.7 Å². The molecule has 0 atom stereocenters. The number of aryl methyl sites for hydroxylation is 1. The molecule has 3 amide bonds. The monoisotopic (exact) mass is 428 g/mol. The molecule has 0 aliphatic carbocycles. The molecule has 0 fully saturated rings. The average molecular weight is 429 g/mol. The highest BCUT2D eigenvalue weighted by molar-refractivity contribution is 8.04. The zero-order valence-electron chi connectivity index (χ0n) is 17.1. The summed E-state index contributed by atoms with van der Waals surface area (Å²) in [5.74, 6) is -0.881. The molecule has 31 heavy (non-hydrogen) atoms. The Labute approximate surface area is 184 Å². The molecule has 1 aliphatic rings. The highest BCUT2D eigenvalue weighted by atomic mass is 32.2. The highest BCUT2D eigenvalue weighted by Crippen LogP contribution is 2.41. The van der Waals surface area contributed by atoms with Crippen LogP contribution < -0.4 is 10.2 Å². The van der Waals surface area contributed by atoms with Gasteiger partial charge in [-0.15, -0.1) is 0 Å². The van der Waals surface area contributed by atoms with E-state index in [-0.39, 0.29) is 17.7 Å². The van der Waals surface area contributed by atoms with Gasteiger partial charge in [-0.25, -0.2) is 4.90 Å². The van der Waals surface area contributed by atoms with E-state index in [2.05, 4.69) is 5.32 Å². The molecule has 1 aliphatic heterocycles. The van der Waals surface area contributed by atoms with Crippen molar-refractivity contribution in [1.29, 1.82) is 0 Å². The number of hydrogen-bond acceptors (Lipinski definition) is 4. The second-order valence-electron chi connectivity index (χ2n) is 7.16. The van der Waals surface area contributed by atoms with Crippen LogP contribution in [0, 0.1) is 6.92 Å². The van der Waals surface area contributed by atoms with Gasteiger partial charge in [0.05, 0.1) is 16.2 Å². The molecule has 0 bridgehead atoms. The minimum atomic E-state index is -0.362. The van der Waals surface area contributed by atoms with E-state index in [1.54, 1.807) is 36.4 Å². The first-order chi connectivity index (χ1) is 14.9. The number of hydrogen-bond donors (Lipinski definition) is 1. The number of carbonyl (C=O) groups excluding carboxylic acids is 3. The summed E-state index contributed by atoms with van der Waals surface area (Å²) >= 11 is 1.28. The molecule has 0 spiro atoms. The first kappa shape index (κ1) is 20.6. The minimum Gasteiger partial charge on any atom is -0.326 e. The van der Waals surface area contributed by atoms with Crippen LogP contribution in [-0.4, -0.2) is 17.7 Å². The molecule has 0 unspecified atom stereocenters. The average Bonchev–Trinajstić information content (AvgIpc) is 2.99. The molecule has 3 aromatic rings. The Balaban J connectivity index is 1.77. The summed E-state index contributed by atoms with van der Waals surface area (Å²) in [6.45, 7) is 3.39. The third-order valence-corrected chi connectivity index (χ3v) is 5.88. The van der Waals surface area contributed by atoms with Crippen LogP contribution in [0.3, 0.4) is 0 Å². The molecule has 3 aromatic carbocycles. The Kier molecular flexibility index (Phi) is 5.73. The summed E-state index contributed by atoms with van der Waals surface area (Å²) in [4.78, 5) is 40.6. The zero-order valence-corrected chi connectivity index (χ0v) is 17.9. The second kappa shape index (κ2) is 8.62. The maximum atomic E-state index is 13.4. The fraction of sp³-hybridized carbons (Fsp3) is 0.0800. The van der Waals surface area contributed by atoms with Gasteiger partial charge in [-0.05, 0) is 48.9 Å². The SMILES string of the molecule is CC(=O)Nc1ccc(C2=C(Sc3ccccc3)C(=O)N(c3ccc(C)cc3)C2=O)cc1. The summed E-state index contributed by atoms with van der Waals surface area (Å²) in [6, 6.07) is 23.7. The second-order valence-corrected chi connectivity index (χ2v) is 8.24. The lowest BCUT2D eigenvalue weighted by atomic mass is 10.1. The van der Waals surface area contributed by atoms with Gasteiger partial charge in [0.15, 0.2) is 0 Å². The number of rotatable bonds is 5. The van der Waals surface area contributed by atoms with Crippen LogP contribution in [0.25, 0.3) is 5.57 Å². The molecule has 6 heteroatoms. The first-order valence-corrected chi connectivity index (χ1v) is 10.6. The van der Waals surface area contributed by atoms with Gasteiger partial charge in [0.1, 0.15) is 0 Å². The molecule has 1 N–H and O–H groups in total. The Hall–Kier alpha value is -3.64. The van der Waals surface area contributed by atoms with Crippen molar-refractivity contribution < 1.29 is 14.4 Å². The van der Waals surface area contributed by atoms with E-state index >= 15 is 0 Å². The predicted molar refractivity (Wildman–Crippen MR) is 124 cm³/mol. The Morgan fingerprint density at radius 2 is 1.48 bits per heavy atom. The summed E-state index contributed by atoms with van der Waals surface area (Å²) in [6.07, 6.45) is 0. The lowest BCUT2D eigenvalue weighted by Crippen LogP contribution is -2.31. The molecule has 0 saturated carbocycles. The lowest BCUT2D eigenvalue weighted by molar-refractivity contribution is -0.120. The standard InChI is InChI=1S/C25H20N2O3S/c1-16-8-14-20(15-9-16)27-24(29)22(18-10-12-19(13-11-18)26-17(2)28)23(25(27)30)31-21-6-4-3-5-7-21/h3-15H,1-2H3,(H,26,28). The van der Waals surface area contributed by atoms with Gasteiger partial charge in [0.25, 0.3) is 11.8 Å². The Bertz CT molecular complexity index is 1180. The van der Waals surface area contributed by atoms with E-state index in [1.807, 2.05) is 49.4 Å². The molecule has 0 radical (unpaired) electrons. The fourth-order valence-electron chi connectivity index (χ4n) is 3.32. The van der Waals surface area contributed by atoms with Crippen LogP contribution in [0.2, 0.25) is 0 Å². The maximum absolute atomic E-state index is 13.4. The molecule has 4 rings (SSSR count). The van der Waals surface area contributed by atoms with Gasteiger partial charge in [0, 0.05) is 17.5 Å². The van der Waals surface area contributed by atoms with E-state index in [4.69, 9.17) is 0 Å². The number of thioether (sulfide) groups is 1. The molecular formula is C25H20N2O3S. The van der Waals surface area contributed by atoms with Crippen molar-refractivity contribution in [3.63, 3.8) is 0 Å². The maximum Gasteiger partial charge on any atom is 0.272 e. The summed E-state index contributed by atoms with van der Waals surface area (Å²) in [5, 5.41) is 2.71. The number of nitrogens with one attached hydrogen (secondary N) is 1. The predicted octanol–water partition coefficient (Wildman–Crippen LogP) is 5.03. The number of carbonyl (C=O) groups is 3. The van der Waals surface area contributed by atoms with Gasteiger partial charge in [-0.3, -0.25) is 14.4 Å². The molecular weight excluding hydrogens is 408 g/mol. The van der Waals surface area contributed by atoms with Crippen molar-refractivity contribution in [2.24, 2.45) is 0 Å². The van der Waals surface area contributed by atoms with Gasteiger partial charge < -0.3 is 5.32 Å². The van der Waals surface area contributed by atoms with Gasteiger partial charge >= 0.3 is 0 Å². The fourth-order valence-corrected chi connectivity index (χ4v) is 4.33. The highest BCUT2D eigenvalue weighted by Gasteiger charge is 2.40. The molecule has 0 saturated heterocycles. The Morgan fingerprint density at radius 3 is 2.10 bits per heavy atom. The number of nitrogens with zero attached hydrogens (tertiary/aromatic N) is 1. The van der Waals surface area contributed by atoms with E-state index in [0.717, 1.165) is 10.5 Å². The third-order valence-electron chi connectivity index (χ3n) is 4.79. The van der Waals surface area contributed by atoms with Gasteiger partial charge in [-0.1, -0.05) is 59.8 Å². The van der Waals surface area contributed by atoms with Crippen molar-refractivity contribution in [3.05, 3.63) is 94.9 Å². The molecule has 5 nitrogen and oxygen atoms in total. The first-order valence-electron chi connectivity index (χ1n) is 9.74. The topological polar surface area (TPSA) is 66.5 Å². The van der Waals surface area contributed by atoms with Crippen LogP contribution in [-0.2, 0) is 14.4 Å². The van der Waals surface area contributed by atoms with Crippen LogP contribution in [0.5, 0.6) is 0 Å². The normalized spacial score (nSPS) is 13.7. The summed E-state index contributed by atoms with van der Waals surface area (Å²) < 4.78 is 0. The smallest absolute Gasteiger partial charge is 0.272 e. The molecule has 1 heterocycles.